The Balaban J connectivity index is 2.92. The lowest BCUT2D eigenvalue weighted by Gasteiger charge is -2.02. The van der Waals surface area contributed by atoms with Crippen molar-refractivity contribution in [1.82, 2.24) is 9.97 Å². The van der Waals surface area contributed by atoms with Gasteiger partial charge in [0.05, 0.1) is 11.1 Å². The Bertz CT molecular complexity index is 621. The van der Waals surface area contributed by atoms with Gasteiger partial charge in [0.15, 0.2) is 0 Å². The van der Waals surface area contributed by atoms with Crippen LogP contribution < -0.4 is 11.2 Å². The van der Waals surface area contributed by atoms with Crippen LogP contribution >= 0.6 is 11.3 Å². The van der Waals surface area contributed by atoms with Gasteiger partial charge in [0.1, 0.15) is 4.70 Å². The molecule has 0 aromatic carbocycles. The summed E-state index contributed by atoms with van der Waals surface area (Å²) >= 11 is 0.642. The minimum atomic E-state index is -4.57. The van der Waals surface area contributed by atoms with Crippen molar-refractivity contribution in [1.29, 1.82) is 0 Å². The zero-order valence-electron chi connectivity index (χ0n) is 6.94. The number of thiophene rings is 1. The molecule has 2 aromatic heterocycles. The highest BCUT2D eigenvalue weighted by molar-refractivity contribution is 7.17. The molecule has 0 aliphatic rings. The summed E-state index contributed by atoms with van der Waals surface area (Å²) in [5.41, 5.74) is -3.21. The number of fused-ring (bicyclic) bond motifs is 1. The third-order valence-corrected chi connectivity index (χ3v) is 2.75. The Labute approximate surface area is 83.4 Å². The van der Waals surface area contributed by atoms with Crippen LogP contribution in [0.2, 0.25) is 0 Å². The second-order valence-electron chi connectivity index (χ2n) is 2.76. The van der Waals surface area contributed by atoms with E-state index in [1.54, 1.807) is 0 Å². The van der Waals surface area contributed by atoms with Gasteiger partial charge in [-0.25, -0.2) is 4.79 Å². The third-order valence-electron chi connectivity index (χ3n) is 1.77. The molecule has 0 unspecified atom stereocenters. The van der Waals surface area contributed by atoms with E-state index in [-0.39, 0.29) is 4.70 Å². The third kappa shape index (κ3) is 1.56. The van der Waals surface area contributed by atoms with E-state index in [1.807, 2.05) is 9.97 Å². The number of rotatable bonds is 0. The van der Waals surface area contributed by atoms with Crippen molar-refractivity contribution < 1.29 is 13.2 Å². The molecule has 2 rings (SSSR count). The Morgan fingerprint density at radius 3 is 2.47 bits per heavy atom. The monoisotopic (exact) mass is 236 g/mol. The van der Waals surface area contributed by atoms with Crippen molar-refractivity contribution in [2.24, 2.45) is 0 Å². The van der Waals surface area contributed by atoms with Crippen LogP contribution in [0.5, 0.6) is 0 Å². The first kappa shape index (κ1) is 9.97. The van der Waals surface area contributed by atoms with Crippen molar-refractivity contribution >= 4 is 21.6 Å². The van der Waals surface area contributed by atoms with Crippen LogP contribution in [0.3, 0.4) is 0 Å². The summed E-state index contributed by atoms with van der Waals surface area (Å²) in [6, 6.07) is 0. The van der Waals surface area contributed by atoms with Crippen LogP contribution in [0.25, 0.3) is 10.2 Å². The van der Waals surface area contributed by atoms with Gasteiger partial charge in [0, 0.05) is 5.38 Å². The highest BCUT2D eigenvalue weighted by Gasteiger charge is 2.34. The number of aromatic amines is 2. The fraction of sp³-hybridized carbons (Fsp3) is 0.143. The number of halogens is 3. The average Bonchev–Trinajstić information content (AvgIpc) is 2.45. The Hall–Kier alpha value is -1.57. The molecule has 0 atom stereocenters. The quantitative estimate of drug-likeness (QED) is 0.724. The number of H-pyrrole nitrogens is 2. The van der Waals surface area contributed by atoms with E-state index in [4.69, 9.17) is 0 Å². The zero-order chi connectivity index (χ0) is 11.2. The maximum Gasteiger partial charge on any atom is 0.419 e. The summed E-state index contributed by atoms with van der Waals surface area (Å²) in [6.45, 7) is 0. The Morgan fingerprint density at radius 2 is 1.87 bits per heavy atom. The first-order valence-corrected chi connectivity index (χ1v) is 4.58. The molecule has 15 heavy (non-hydrogen) atoms. The van der Waals surface area contributed by atoms with Gasteiger partial charge in [0.2, 0.25) is 0 Å². The van der Waals surface area contributed by atoms with Gasteiger partial charge < -0.3 is 4.98 Å². The molecule has 0 saturated heterocycles. The first-order valence-electron chi connectivity index (χ1n) is 3.70. The molecule has 0 aliphatic heterocycles. The van der Waals surface area contributed by atoms with Gasteiger partial charge in [-0.3, -0.25) is 9.78 Å². The average molecular weight is 236 g/mol. The van der Waals surface area contributed by atoms with Crippen molar-refractivity contribution in [2.45, 2.75) is 6.18 Å². The minimum absolute atomic E-state index is 0.137. The van der Waals surface area contributed by atoms with E-state index in [0.29, 0.717) is 11.3 Å². The second-order valence-corrected chi connectivity index (χ2v) is 3.64. The maximum atomic E-state index is 12.4. The number of hydrogen-bond acceptors (Lipinski definition) is 3. The molecule has 0 saturated carbocycles. The van der Waals surface area contributed by atoms with E-state index in [9.17, 15) is 22.8 Å². The Morgan fingerprint density at radius 1 is 1.20 bits per heavy atom. The van der Waals surface area contributed by atoms with Gasteiger partial charge >= 0.3 is 11.9 Å². The molecule has 0 amide bonds. The van der Waals surface area contributed by atoms with E-state index in [1.165, 1.54) is 0 Å². The number of hydrogen-bond donors (Lipinski definition) is 2. The van der Waals surface area contributed by atoms with Gasteiger partial charge in [-0.2, -0.15) is 13.2 Å². The first-order chi connectivity index (χ1) is 6.89. The summed E-state index contributed by atoms with van der Waals surface area (Å²) in [7, 11) is 0. The topological polar surface area (TPSA) is 65.7 Å². The van der Waals surface area contributed by atoms with Crippen LogP contribution in [0.1, 0.15) is 5.56 Å². The smallest absolute Gasteiger partial charge is 0.305 e. The molecule has 80 valence electrons. The van der Waals surface area contributed by atoms with Crippen molar-refractivity contribution in [3.63, 3.8) is 0 Å². The van der Waals surface area contributed by atoms with Crippen LogP contribution in [-0.4, -0.2) is 9.97 Å². The minimum Gasteiger partial charge on any atom is -0.305 e. The second kappa shape index (κ2) is 2.96. The highest BCUT2D eigenvalue weighted by Crippen LogP contribution is 2.35. The van der Waals surface area contributed by atoms with Crippen LogP contribution in [-0.2, 0) is 6.18 Å². The lowest BCUT2D eigenvalue weighted by molar-refractivity contribution is -0.136. The normalized spacial score (nSPS) is 12.2. The fourth-order valence-corrected chi connectivity index (χ4v) is 2.09. The molecule has 0 aliphatic carbocycles. The van der Waals surface area contributed by atoms with Crippen molar-refractivity contribution in [3.8, 4) is 0 Å². The van der Waals surface area contributed by atoms with Gasteiger partial charge in [-0.05, 0) is 0 Å². The molecular weight excluding hydrogens is 233 g/mol. The maximum absolute atomic E-state index is 12.4. The van der Waals surface area contributed by atoms with Crippen LogP contribution in [0, 0.1) is 0 Å². The van der Waals surface area contributed by atoms with Gasteiger partial charge in [-0.15, -0.1) is 11.3 Å². The number of alkyl halides is 3. The summed E-state index contributed by atoms with van der Waals surface area (Å²) in [6.07, 6.45) is -4.57. The van der Waals surface area contributed by atoms with E-state index < -0.39 is 28.5 Å². The molecule has 0 radical (unpaired) electrons. The zero-order valence-corrected chi connectivity index (χ0v) is 7.75. The summed E-state index contributed by atoms with van der Waals surface area (Å²) < 4.78 is 37.0. The molecule has 4 nitrogen and oxygen atoms in total. The fourth-order valence-electron chi connectivity index (χ4n) is 1.16. The molecular formula is C7H3F3N2O2S. The van der Waals surface area contributed by atoms with E-state index in [2.05, 4.69) is 0 Å². The predicted octanol–water partition coefficient (Wildman–Crippen LogP) is 1.30. The lowest BCUT2D eigenvalue weighted by atomic mass is 10.3. The molecule has 0 fully saturated rings. The predicted molar refractivity (Wildman–Crippen MR) is 48.1 cm³/mol. The number of aromatic nitrogens is 2. The molecule has 2 heterocycles. The van der Waals surface area contributed by atoms with Crippen molar-refractivity contribution in [3.05, 3.63) is 31.8 Å². The van der Waals surface area contributed by atoms with E-state index in [0.717, 1.165) is 5.38 Å². The molecule has 2 N–H and O–H groups in total. The standard InChI is InChI=1S/C7H3F3N2O2S/c8-7(9,10)2-1-15-4-3(2)11-6(14)12-5(4)13/h1H,(H2,11,12,13,14). The molecule has 8 heteroatoms. The SMILES string of the molecule is O=c1[nH]c(=O)c2scc(C(F)(F)F)c2[nH]1. The molecule has 0 bridgehead atoms. The molecule has 0 spiro atoms. The largest absolute Gasteiger partial charge is 0.419 e. The van der Waals surface area contributed by atoms with E-state index >= 15 is 0 Å². The van der Waals surface area contributed by atoms with Crippen LogP contribution in [0.4, 0.5) is 13.2 Å². The summed E-state index contributed by atoms with van der Waals surface area (Å²) in [5, 5.41) is 0.801. The lowest BCUT2D eigenvalue weighted by Crippen LogP contribution is -2.21. The van der Waals surface area contributed by atoms with Crippen LogP contribution in [0.15, 0.2) is 15.0 Å². The van der Waals surface area contributed by atoms with Gasteiger partial charge in [-0.1, -0.05) is 0 Å². The summed E-state index contributed by atoms with van der Waals surface area (Å²) in [5.74, 6) is 0. The van der Waals surface area contributed by atoms with Gasteiger partial charge in [0.25, 0.3) is 5.56 Å². The highest BCUT2D eigenvalue weighted by atomic mass is 32.1. The van der Waals surface area contributed by atoms with Crippen molar-refractivity contribution in [2.75, 3.05) is 0 Å². The summed E-state index contributed by atoms with van der Waals surface area (Å²) in [4.78, 5) is 25.7. The molecule has 2 aromatic rings. The number of nitrogens with one attached hydrogen (secondary N) is 2. The Kier molecular flexibility index (Phi) is 1.97.